The number of ketones is 1. The Morgan fingerprint density at radius 1 is 1.22 bits per heavy atom. The van der Waals surface area contributed by atoms with Gasteiger partial charge in [-0.05, 0) is 6.92 Å². The van der Waals surface area contributed by atoms with Gasteiger partial charge in [-0.25, -0.2) is 4.79 Å². The average molecular weight is 393 g/mol. The van der Waals surface area contributed by atoms with Gasteiger partial charge in [0.15, 0.2) is 11.4 Å². The van der Waals surface area contributed by atoms with Crippen molar-refractivity contribution in [1.29, 1.82) is 0 Å². The second-order valence-corrected chi connectivity index (χ2v) is 6.25. The summed E-state index contributed by atoms with van der Waals surface area (Å²) in [5, 5.41) is 51.6. The van der Waals surface area contributed by atoms with E-state index in [1.165, 1.54) is 0 Å². The van der Waals surface area contributed by atoms with Gasteiger partial charge in [0.05, 0.1) is 25.2 Å². The molecule has 1 amide bonds. The van der Waals surface area contributed by atoms with Crippen LogP contribution in [-0.2, 0) is 28.7 Å². The largest absolute Gasteiger partial charge is 0.476 e. The summed E-state index contributed by atoms with van der Waals surface area (Å²) < 4.78 is 9.97. The van der Waals surface area contributed by atoms with E-state index in [0.29, 0.717) is 0 Å². The standard InChI is InChI=1S/C15H23NO11/c1-6(18)15(12(23)10(22)5-17)11(16-7(2)19)9(21)4-14(27-15,13(24)25)26-8(3)20/h9-12,17,21-23H,4-5H2,1-3H3,(H,16,19)(H,24,25)/t9-,10+,11+,12+,14-,15+/m0/s1. The molecule has 1 saturated heterocycles. The van der Waals surface area contributed by atoms with E-state index in [-0.39, 0.29) is 0 Å². The molecule has 0 aromatic rings. The van der Waals surface area contributed by atoms with Crippen LogP contribution in [0.3, 0.4) is 0 Å². The molecule has 0 radical (unpaired) electrons. The van der Waals surface area contributed by atoms with Crippen LogP contribution in [0, 0.1) is 0 Å². The zero-order valence-electron chi connectivity index (χ0n) is 14.9. The highest BCUT2D eigenvalue weighted by atomic mass is 16.7. The van der Waals surface area contributed by atoms with Gasteiger partial charge in [-0.15, -0.1) is 0 Å². The SMILES string of the molecule is CC(=O)N[C@@H]1[C@@H](O)C[C@@](OC(C)=O)(C(=O)O)O[C@@]1(C(C)=O)[C@H](O)[C@H](O)CO. The Kier molecular flexibility index (Phi) is 7.02. The summed E-state index contributed by atoms with van der Waals surface area (Å²) in [4.78, 5) is 47.1. The van der Waals surface area contributed by atoms with Crippen molar-refractivity contribution in [2.45, 2.75) is 62.9 Å². The third kappa shape index (κ3) is 4.25. The molecular weight excluding hydrogens is 370 g/mol. The minimum absolute atomic E-state index is 0.769. The zero-order valence-corrected chi connectivity index (χ0v) is 14.9. The second kappa shape index (κ2) is 8.27. The highest BCUT2D eigenvalue weighted by Crippen LogP contribution is 2.41. The molecule has 27 heavy (non-hydrogen) atoms. The molecule has 0 bridgehead atoms. The van der Waals surface area contributed by atoms with Gasteiger partial charge in [0.25, 0.3) is 0 Å². The number of amides is 1. The summed E-state index contributed by atoms with van der Waals surface area (Å²) in [6.45, 7) is 1.67. The molecule has 12 nitrogen and oxygen atoms in total. The number of aliphatic carboxylic acids is 1. The molecule has 1 heterocycles. The normalized spacial score (nSPS) is 32.9. The fourth-order valence-electron chi connectivity index (χ4n) is 3.08. The van der Waals surface area contributed by atoms with Crippen LogP contribution in [-0.4, -0.2) is 91.5 Å². The van der Waals surface area contributed by atoms with Crippen LogP contribution in [0.1, 0.15) is 27.2 Å². The maximum atomic E-state index is 12.4. The van der Waals surface area contributed by atoms with Crippen LogP contribution in [0.4, 0.5) is 0 Å². The number of nitrogens with one attached hydrogen (secondary N) is 1. The summed E-state index contributed by atoms with van der Waals surface area (Å²) in [7, 11) is 0. The van der Waals surface area contributed by atoms with Crippen molar-refractivity contribution < 1.29 is 54.2 Å². The van der Waals surface area contributed by atoms with E-state index in [1.54, 1.807) is 0 Å². The number of rotatable bonds is 7. The Hall–Kier alpha value is -2.12. The number of hydrogen-bond acceptors (Lipinski definition) is 10. The Morgan fingerprint density at radius 3 is 2.15 bits per heavy atom. The minimum atomic E-state index is -2.89. The molecule has 1 aliphatic heterocycles. The number of carbonyl (C=O) groups is 4. The van der Waals surface area contributed by atoms with E-state index in [2.05, 4.69) is 5.32 Å². The molecule has 1 fully saturated rings. The molecule has 0 unspecified atom stereocenters. The molecule has 12 heteroatoms. The first-order chi connectivity index (χ1) is 12.3. The van der Waals surface area contributed by atoms with E-state index in [9.17, 15) is 39.6 Å². The van der Waals surface area contributed by atoms with Gasteiger partial charge in [-0.1, -0.05) is 0 Å². The lowest BCUT2D eigenvalue weighted by Crippen LogP contribution is -2.77. The van der Waals surface area contributed by atoms with Crippen LogP contribution in [0.2, 0.25) is 0 Å². The quantitative estimate of drug-likeness (QED) is 0.236. The smallest absolute Gasteiger partial charge is 0.377 e. The lowest BCUT2D eigenvalue weighted by atomic mass is 9.75. The molecule has 1 rings (SSSR count). The number of ether oxygens (including phenoxy) is 2. The topological polar surface area (TPSA) is 200 Å². The number of aliphatic hydroxyl groups is 4. The number of esters is 1. The summed E-state index contributed by atoms with van der Waals surface area (Å²) in [5.74, 6) is -7.78. The van der Waals surface area contributed by atoms with Crippen molar-refractivity contribution >= 4 is 23.6 Å². The number of carbonyl (C=O) groups excluding carboxylic acids is 3. The molecule has 6 N–H and O–H groups in total. The van der Waals surface area contributed by atoms with Crippen LogP contribution in [0.5, 0.6) is 0 Å². The monoisotopic (exact) mass is 393 g/mol. The van der Waals surface area contributed by atoms with E-state index >= 15 is 0 Å². The van der Waals surface area contributed by atoms with Gasteiger partial charge in [0.2, 0.25) is 5.91 Å². The van der Waals surface area contributed by atoms with Crippen LogP contribution < -0.4 is 5.32 Å². The van der Waals surface area contributed by atoms with Gasteiger partial charge in [-0.3, -0.25) is 14.4 Å². The Balaban J connectivity index is 3.67. The molecule has 0 saturated carbocycles. The first-order valence-corrected chi connectivity index (χ1v) is 7.90. The third-order valence-electron chi connectivity index (χ3n) is 4.19. The van der Waals surface area contributed by atoms with Crippen molar-refractivity contribution in [3.63, 3.8) is 0 Å². The van der Waals surface area contributed by atoms with Crippen molar-refractivity contribution in [2.75, 3.05) is 6.61 Å². The number of hydrogen-bond donors (Lipinski definition) is 6. The molecular formula is C15H23NO11. The van der Waals surface area contributed by atoms with Crippen LogP contribution >= 0.6 is 0 Å². The molecule has 0 spiro atoms. The predicted molar refractivity (Wildman–Crippen MR) is 84.0 cm³/mol. The first kappa shape index (κ1) is 22.9. The Labute approximate surface area is 153 Å². The van der Waals surface area contributed by atoms with E-state index < -0.39 is 72.4 Å². The first-order valence-electron chi connectivity index (χ1n) is 7.90. The van der Waals surface area contributed by atoms with Gasteiger partial charge in [-0.2, -0.15) is 0 Å². The van der Waals surface area contributed by atoms with E-state index in [1.807, 2.05) is 0 Å². The maximum Gasteiger partial charge on any atom is 0.377 e. The van der Waals surface area contributed by atoms with Gasteiger partial charge >= 0.3 is 17.7 Å². The Morgan fingerprint density at radius 2 is 1.78 bits per heavy atom. The molecule has 0 aliphatic carbocycles. The summed E-state index contributed by atoms with van der Waals surface area (Å²) >= 11 is 0. The molecule has 154 valence electrons. The van der Waals surface area contributed by atoms with Gasteiger partial charge in [0, 0.05) is 13.8 Å². The molecule has 6 atom stereocenters. The molecule has 1 aliphatic rings. The lowest BCUT2D eigenvalue weighted by molar-refractivity contribution is -0.325. The summed E-state index contributed by atoms with van der Waals surface area (Å²) in [6, 6.07) is -1.72. The second-order valence-electron chi connectivity index (χ2n) is 6.25. The van der Waals surface area contributed by atoms with Gasteiger partial charge in [0.1, 0.15) is 12.2 Å². The molecule has 0 aromatic heterocycles. The summed E-state index contributed by atoms with van der Waals surface area (Å²) in [5.41, 5.74) is -2.75. The van der Waals surface area contributed by atoms with Crippen molar-refractivity contribution in [2.24, 2.45) is 0 Å². The maximum absolute atomic E-state index is 12.4. The lowest BCUT2D eigenvalue weighted by Gasteiger charge is -2.52. The van der Waals surface area contributed by atoms with Crippen LogP contribution in [0.25, 0.3) is 0 Å². The third-order valence-corrected chi connectivity index (χ3v) is 4.19. The fourth-order valence-corrected chi connectivity index (χ4v) is 3.08. The molecule has 0 aromatic carbocycles. The highest BCUT2D eigenvalue weighted by molar-refractivity contribution is 5.90. The fraction of sp³-hybridized carbons (Fsp3) is 0.733. The van der Waals surface area contributed by atoms with Crippen molar-refractivity contribution in [3.05, 3.63) is 0 Å². The van der Waals surface area contributed by atoms with E-state index in [4.69, 9.17) is 14.6 Å². The van der Waals surface area contributed by atoms with Crippen molar-refractivity contribution in [1.82, 2.24) is 5.32 Å². The number of carboxylic acid groups (broad SMARTS) is 1. The van der Waals surface area contributed by atoms with E-state index in [0.717, 1.165) is 20.8 Å². The summed E-state index contributed by atoms with van der Waals surface area (Å²) in [6.07, 6.45) is -7.04. The predicted octanol–water partition coefficient (Wildman–Crippen LogP) is -3.34. The van der Waals surface area contributed by atoms with Gasteiger partial charge < -0.3 is 40.3 Å². The number of aliphatic hydroxyl groups excluding tert-OH is 4. The van der Waals surface area contributed by atoms with Crippen molar-refractivity contribution in [3.8, 4) is 0 Å². The van der Waals surface area contributed by atoms with Crippen LogP contribution in [0.15, 0.2) is 0 Å². The average Bonchev–Trinajstić information content (AvgIpc) is 2.54. The number of carboxylic acids is 1. The Bertz CT molecular complexity index is 623. The minimum Gasteiger partial charge on any atom is -0.476 e. The zero-order chi connectivity index (χ0) is 21.2. The highest BCUT2D eigenvalue weighted by Gasteiger charge is 2.67. The number of Topliss-reactive ketones (excluding diaryl/α,β-unsaturated/α-hetero) is 1.